The molecular weight excluding hydrogens is 342 g/mol. The standard InChI is InChI=1S/C17H15N3O4S/c1-9-13-15(19-8-20-16(13)25-14(9)17(21)22)18-6-10-7-23-11-4-2-3-5-12(11)24-10/h2-5,8,10H,6-7H2,1H3,(H,21,22)(H,18,19,20)/t10-/m0/s1. The number of para-hydroxylation sites is 2. The van der Waals surface area contributed by atoms with Crippen LogP contribution in [0.25, 0.3) is 10.2 Å². The second-order valence-electron chi connectivity index (χ2n) is 5.64. The molecule has 25 heavy (non-hydrogen) atoms. The van der Waals surface area contributed by atoms with Crippen molar-refractivity contribution in [3.8, 4) is 11.5 Å². The highest BCUT2D eigenvalue weighted by atomic mass is 32.1. The van der Waals surface area contributed by atoms with Gasteiger partial charge in [0, 0.05) is 0 Å². The molecular formula is C17H15N3O4S. The van der Waals surface area contributed by atoms with Crippen molar-refractivity contribution >= 4 is 33.3 Å². The Hall–Kier alpha value is -2.87. The molecule has 0 spiro atoms. The molecule has 0 saturated carbocycles. The summed E-state index contributed by atoms with van der Waals surface area (Å²) in [7, 11) is 0. The zero-order valence-corrected chi connectivity index (χ0v) is 14.2. The number of carboxylic acids is 1. The smallest absolute Gasteiger partial charge is 0.346 e. The first-order chi connectivity index (χ1) is 12.1. The van der Waals surface area contributed by atoms with E-state index in [0.29, 0.717) is 35.1 Å². The molecule has 0 amide bonds. The molecule has 7 nitrogen and oxygen atoms in total. The number of carboxylic acid groups (broad SMARTS) is 1. The number of anilines is 1. The van der Waals surface area contributed by atoms with Crippen LogP contribution in [0.1, 0.15) is 15.2 Å². The summed E-state index contributed by atoms with van der Waals surface area (Å²) in [6.45, 7) is 2.69. The maximum atomic E-state index is 11.3. The van der Waals surface area contributed by atoms with Crippen LogP contribution in [0.4, 0.5) is 5.82 Å². The number of nitrogens with zero attached hydrogens (tertiary/aromatic N) is 2. The van der Waals surface area contributed by atoms with Crippen LogP contribution in [-0.2, 0) is 0 Å². The molecule has 0 aliphatic carbocycles. The second-order valence-corrected chi connectivity index (χ2v) is 6.64. The van der Waals surface area contributed by atoms with Crippen LogP contribution in [0.3, 0.4) is 0 Å². The van der Waals surface area contributed by atoms with Gasteiger partial charge in [0.15, 0.2) is 11.5 Å². The van der Waals surface area contributed by atoms with Gasteiger partial charge < -0.3 is 19.9 Å². The highest BCUT2D eigenvalue weighted by Crippen LogP contribution is 2.34. The van der Waals surface area contributed by atoms with Gasteiger partial charge in [-0.2, -0.15) is 0 Å². The number of thiophene rings is 1. The Labute approximate surface area is 147 Å². The van der Waals surface area contributed by atoms with E-state index < -0.39 is 5.97 Å². The molecule has 0 saturated heterocycles. The SMILES string of the molecule is Cc1c(C(=O)O)sc2ncnc(NC[C@H]3COc4ccccc4O3)c12. The largest absolute Gasteiger partial charge is 0.486 e. The van der Waals surface area contributed by atoms with Crippen molar-refractivity contribution in [2.45, 2.75) is 13.0 Å². The first-order valence-corrected chi connectivity index (χ1v) is 8.55. The van der Waals surface area contributed by atoms with Gasteiger partial charge in [-0.1, -0.05) is 12.1 Å². The van der Waals surface area contributed by atoms with E-state index in [1.54, 1.807) is 6.92 Å². The molecule has 8 heteroatoms. The maximum absolute atomic E-state index is 11.3. The van der Waals surface area contributed by atoms with Gasteiger partial charge in [-0.3, -0.25) is 0 Å². The number of aromatic carboxylic acids is 1. The van der Waals surface area contributed by atoms with Gasteiger partial charge in [0.25, 0.3) is 0 Å². The maximum Gasteiger partial charge on any atom is 0.346 e. The number of rotatable bonds is 4. The number of nitrogens with one attached hydrogen (secondary N) is 1. The molecule has 128 valence electrons. The van der Waals surface area contributed by atoms with Gasteiger partial charge in [-0.25, -0.2) is 14.8 Å². The molecule has 0 radical (unpaired) electrons. The van der Waals surface area contributed by atoms with E-state index in [1.165, 1.54) is 6.33 Å². The predicted octanol–water partition coefficient (Wildman–Crippen LogP) is 2.95. The number of ether oxygens (including phenoxy) is 2. The van der Waals surface area contributed by atoms with E-state index in [4.69, 9.17) is 9.47 Å². The van der Waals surface area contributed by atoms with Gasteiger partial charge >= 0.3 is 5.97 Å². The van der Waals surface area contributed by atoms with Gasteiger partial charge in [0.2, 0.25) is 0 Å². The third kappa shape index (κ3) is 2.85. The van der Waals surface area contributed by atoms with E-state index in [1.807, 2.05) is 24.3 Å². The second kappa shape index (κ2) is 6.21. The molecule has 0 fully saturated rings. The minimum absolute atomic E-state index is 0.169. The van der Waals surface area contributed by atoms with E-state index in [0.717, 1.165) is 22.5 Å². The summed E-state index contributed by atoms with van der Waals surface area (Å²) in [5, 5.41) is 13.3. The highest BCUT2D eigenvalue weighted by Gasteiger charge is 2.22. The molecule has 1 aliphatic heterocycles. The lowest BCUT2D eigenvalue weighted by molar-refractivity contribution is 0.0701. The molecule has 1 aliphatic rings. The van der Waals surface area contributed by atoms with Crippen molar-refractivity contribution in [2.75, 3.05) is 18.5 Å². The van der Waals surface area contributed by atoms with Gasteiger partial charge in [0.05, 0.1) is 11.9 Å². The summed E-state index contributed by atoms with van der Waals surface area (Å²) in [5.41, 5.74) is 0.668. The quantitative estimate of drug-likeness (QED) is 0.741. The van der Waals surface area contributed by atoms with Crippen molar-refractivity contribution in [3.63, 3.8) is 0 Å². The Morgan fingerprint density at radius 3 is 2.96 bits per heavy atom. The third-order valence-electron chi connectivity index (χ3n) is 3.99. The average Bonchev–Trinajstić information content (AvgIpc) is 2.97. The number of carbonyl (C=O) groups is 1. The number of fused-ring (bicyclic) bond motifs is 2. The van der Waals surface area contributed by atoms with Crippen molar-refractivity contribution in [1.82, 2.24) is 9.97 Å². The van der Waals surface area contributed by atoms with Crippen molar-refractivity contribution < 1.29 is 19.4 Å². The summed E-state index contributed by atoms with van der Waals surface area (Å²) >= 11 is 1.15. The number of hydrogen-bond donors (Lipinski definition) is 2. The predicted molar refractivity (Wildman–Crippen MR) is 94.0 cm³/mol. The van der Waals surface area contributed by atoms with Crippen molar-refractivity contribution in [3.05, 3.63) is 41.0 Å². The zero-order valence-electron chi connectivity index (χ0n) is 13.4. The van der Waals surface area contributed by atoms with Crippen LogP contribution < -0.4 is 14.8 Å². The van der Waals surface area contributed by atoms with E-state index in [-0.39, 0.29) is 11.0 Å². The molecule has 0 unspecified atom stereocenters. The number of benzene rings is 1. The Morgan fingerprint density at radius 1 is 1.36 bits per heavy atom. The molecule has 2 aromatic heterocycles. The van der Waals surface area contributed by atoms with Crippen molar-refractivity contribution in [1.29, 1.82) is 0 Å². The Bertz CT molecular complexity index is 956. The van der Waals surface area contributed by atoms with E-state index >= 15 is 0 Å². The van der Waals surface area contributed by atoms with Crippen LogP contribution in [0.5, 0.6) is 11.5 Å². The van der Waals surface area contributed by atoms with Crippen molar-refractivity contribution in [2.24, 2.45) is 0 Å². The van der Waals surface area contributed by atoms with Gasteiger partial charge in [-0.15, -0.1) is 11.3 Å². The summed E-state index contributed by atoms with van der Waals surface area (Å²) < 4.78 is 11.6. The monoisotopic (exact) mass is 357 g/mol. The lowest BCUT2D eigenvalue weighted by atomic mass is 10.2. The highest BCUT2D eigenvalue weighted by molar-refractivity contribution is 7.20. The minimum atomic E-state index is -0.952. The Morgan fingerprint density at radius 2 is 2.16 bits per heavy atom. The first-order valence-electron chi connectivity index (χ1n) is 7.73. The zero-order chi connectivity index (χ0) is 17.4. The summed E-state index contributed by atoms with van der Waals surface area (Å²) in [6, 6.07) is 7.54. The fraction of sp³-hybridized carbons (Fsp3) is 0.235. The van der Waals surface area contributed by atoms with E-state index in [9.17, 15) is 9.90 Å². The fourth-order valence-electron chi connectivity index (χ4n) is 2.78. The van der Waals surface area contributed by atoms with Crippen LogP contribution in [0.2, 0.25) is 0 Å². The Kier molecular flexibility index (Phi) is 3.89. The third-order valence-corrected chi connectivity index (χ3v) is 5.17. The molecule has 2 N–H and O–H groups in total. The van der Waals surface area contributed by atoms with Crippen LogP contribution in [0, 0.1) is 6.92 Å². The number of aryl methyl sites for hydroxylation is 1. The van der Waals surface area contributed by atoms with Crippen LogP contribution >= 0.6 is 11.3 Å². The van der Waals surface area contributed by atoms with Gasteiger partial charge in [-0.05, 0) is 24.6 Å². The average molecular weight is 357 g/mol. The summed E-state index contributed by atoms with van der Waals surface area (Å²) in [4.78, 5) is 20.7. The van der Waals surface area contributed by atoms with Gasteiger partial charge in [0.1, 0.15) is 34.6 Å². The molecule has 3 aromatic rings. The Balaban J connectivity index is 1.55. The lowest BCUT2D eigenvalue weighted by Crippen LogP contribution is -2.35. The topological polar surface area (TPSA) is 93.6 Å². The van der Waals surface area contributed by atoms with E-state index in [2.05, 4.69) is 15.3 Å². The summed E-state index contributed by atoms with van der Waals surface area (Å²) in [5.74, 6) is 1.11. The fourth-order valence-corrected chi connectivity index (χ4v) is 3.77. The van der Waals surface area contributed by atoms with Crippen LogP contribution in [-0.4, -0.2) is 40.3 Å². The lowest BCUT2D eigenvalue weighted by Gasteiger charge is -2.26. The number of aromatic nitrogens is 2. The molecule has 1 atom stereocenters. The minimum Gasteiger partial charge on any atom is -0.486 e. The summed E-state index contributed by atoms with van der Waals surface area (Å²) in [6.07, 6.45) is 1.26. The van der Waals surface area contributed by atoms with Crippen LogP contribution in [0.15, 0.2) is 30.6 Å². The molecule has 4 rings (SSSR count). The molecule has 1 aromatic carbocycles. The molecule has 3 heterocycles. The normalized spacial score (nSPS) is 16.0. The molecule has 0 bridgehead atoms. The number of hydrogen-bond acceptors (Lipinski definition) is 7. The first kappa shape index (κ1) is 15.6.